The van der Waals surface area contributed by atoms with Crippen molar-refractivity contribution in [2.75, 3.05) is 0 Å². The molecule has 5 aromatic carbocycles. The summed E-state index contributed by atoms with van der Waals surface area (Å²) in [6, 6.07) is 38.9. The van der Waals surface area contributed by atoms with Crippen molar-refractivity contribution in [1.82, 2.24) is 0 Å². The summed E-state index contributed by atoms with van der Waals surface area (Å²) in [5.41, 5.74) is 7.07. The fraction of sp³-hybridized carbons (Fsp3) is 0.143. The number of allylic oxidation sites excluding steroid dienone is 4. The second-order valence-electron chi connectivity index (χ2n) is 9.36. The summed E-state index contributed by atoms with van der Waals surface area (Å²) in [5.74, 6) is 0. The minimum atomic E-state index is 1.08. The van der Waals surface area contributed by atoms with Crippen LogP contribution in [0.25, 0.3) is 27.1 Å². The van der Waals surface area contributed by atoms with Gasteiger partial charge in [0.1, 0.15) is 0 Å². The molecule has 0 radical (unpaired) electrons. The summed E-state index contributed by atoms with van der Waals surface area (Å²) in [4.78, 5) is 0. The van der Waals surface area contributed by atoms with Crippen molar-refractivity contribution in [3.8, 4) is 0 Å². The van der Waals surface area contributed by atoms with Crippen LogP contribution in [-0.4, -0.2) is 3.21 Å². The predicted octanol–water partition coefficient (Wildman–Crippen LogP) is 9.42. The van der Waals surface area contributed by atoms with Crippen LogP contribution in [0, 0.1) is 0 Å². The summed E-state index contributed by atoms with van der Waals surface area (Å²) < 4.78 is 1.42. The molecule has 0 aliphatic heterocycles. The summed E-state index contributed by atoms with van der Waals surface area (Å²) in [6.45, 7) is 2.26. The van der Waals surface area contributed by atoms with Crippen molar-refractivity contribution < 1.29 is 24.2 Å². The first kappa shape index (κ1) is 24.7. The van der Waals surface area contributed by atoms with E-state index in [1.54, 1.807) is 0 Å². The zero-order chi connectivity index (χ0) is 24.7. The number of hydrogen-bond donors (Lipinski definition) is 0. The average Bonchev–Trinajstić information content (AvgIpc) is 3.57. The molecule has 0 atom stereocenters. The van der Waals surface area contributed by atoms with Crippen molar-refractivity contribution in [3.05, 3.63) is 144 Å². The molecule has 0 saturated carbocycles. The zero-order valence-electron chi connectivity index (χ0n) is 20.9. The van der Waals surface area contributed by atoms with Gasteiger partial charge >= 0.3 is 99.2 Å². The van der Waals surface area contributed by atoms with E-state index in [-0.39, 0.29) is 0 Å². The van der Waals surface area contributed by atoms with E-state index in [9.17, 15) is 0 Å². The molecule has 1 aliphatic rings. The second kappa shape index (κ2) is 11.8. The Morgan fingerprint density at radius 3 is 2.08 bits per heavy atom. The molecular formula is C35H31Zr-. The fourth-order valence-corrected chi connectivity index (χ4v) is 5.78. The van der Waals surface area contributed by atoms with Crippen LogP contribution in [-0.2, 0) is 24.2 Å². The van der Waals surface area contributed by atoms with Gasteiger partial charge in [0.15, 0.2) is 0 Å². The number of hydrogen-bond acceptors (Lipinski definition) is 0. The number of benzene rings is 4. The van der Waals surface area contributed by atoms with E-state index in [1.165, 1.54) is 96.1 Å². The van der Waals surface area contributed by atoms with E-state index >= 15 is 0 Å². The van der Waals surface area contributed by atoms with Gasteiger partial charge < -0.3 is 0 Å². The molecule has 0 N–H and O–H groups in total. The third-order valence-corrected chi connectivity index (χ3v) is 8.31. The van der Waals surface area contributed by atoms with Crippen molar-refractivity contribution in [3.63, 3.8) is 0 Å². The van der Waals surface area contributed by atoms with E-state index in [2.05, 4.69) is 128 Å². The van der Waals surface area contributed by atoms with Gasteiger partial charge in [-0.15, -0.1) is 33.7 Å². The molecular weight excluding hydrogens is 512 g/mol. The van der Waals surface area contributed by atoms with Gasteiger partial charge in [-0.2, -0.15) is 0 Å². The first-order chi connectivity index (χ1) is 17.7. The molecule has 0 unspecified atom stereocenters. The van der Waals surface area contributed by atoms with E-state index in [1.807, 2.05) is 0 Å². The number of fused-ring (bicyclic) bond motifs is 3. The molecule has 0 amide bonds. The molecule has 0 saturated heterocycles. The molecule has 36 heavy (non-hydrogen) atoms. The summed E-state index contributed by atoms with van der Waals surface area (Å²) in [5, 5.41) is 5.51. The van der Waals surface area contributed by atoms with Crippen LogP contribution in [0.15, 0.2) is 127 Å². The Balaban J connectivity index is 0.000000165. The number of rotatable bonds is 6. The van der Waals surface area contributed by atoms with E-state index < -0.39 is 0 Å². The van der Waals surface area contributed by atoms with Gasteiger partial charge in [-0.3, -0.25) is 0 Å². The molecule has 176 valence electrons. The summed E-state index contributed by atoms with van der Waals surface area (Å²) in [7, 11) is 0. The fourth-order valence-electron chi connectivity index (χ4n) is 4.96. The first-order valence-electron chi connectivity index (χ1n) is 12.9. The van der Waals surface area contributed by atoms with E-state index in [0.717, 1.165) is 6.42 Å². The molecule has 0 heterocycles. The Hall–Kier alpha value is -3.02. The Morgan fingerprint density at radius 2 is 1.39 bits per heavy atom. The van der Waals surface area contributed by atoms with Gasteiger partial charge in [-0.1, -0.05) is 78.6 Å². The van der Waals surface area contributed by atoms with Gasteiger partial charge in [-0.25, -0.2) is 0 Å². The molecule has 1 aliphatic carbocycles. The van der Waals surface area contributed by atoms with E-state index in [4.69, 9.17) is 0 Å². The molecule has 0 bridgehead atoms. The zero-order valence-corrected chi connectivity index (χ0v) is 23.3. The molecule has 0 spiro atoms. The standard InChI is InChI=1S/C22H21.C13H10.Zr/c1-2-3-7-16-12-13-18(14-16)20-10-6-11-21-19-9-5-4-8-17(19)15-22(20)21;1-3-7-12(8-4-1)11-13-9-5-2-6-10-13;/h4-6,8-12,14-15H,2-3,7,13H2,1H3;1-10H;/q-1;;. The summed E-state index contributed by atoms with van der Waals surface area (Å²) in [6.07, 6.45) is 9.69. The minimum absolute atomic E-state index is 1.08. The second-order valence-corrected chi connectivity index (χ2v) is 10.6. The normalized spacial score (nSPS) is 12.7. The molecule has 1 heteroatoms. The quantitative estimate of drug-likeness (QED) is 0.187. The Labute approximate surface area is 229 Å². The number of unbranched alkanes of at least 4 members (excludes halogenated alkanes) is 1. The van der Waals surface area contributed by atoms with E-state index in [0.29, 0.717) is 0 Å². The van der Waals surface area contributed by atoms with Crippen LogP contribution >= 0.6 is 0 Å². The Kier molecular flexibility index (Phi) is 8.09. The van der Waals surface area contributed by atoms with Gasteiger partial charge in [0.2, 0.25) is 0 Å². The molecule has 0 aromatic heterocycles. The molecule has 0 nitrogen and oxygen atoms in total. The van der Waals surface area contributed by atoms with Gasteiger partial charge in [0.25, 0.3) is 0 Å². The van der Waals surface area contributed by atoms with Crippen LogP contribution in [0.5, 0.6) is 0 Å². The molecule has 5 aromatic rings. The third-order valence-electron chi connectivity index (χ3n) is 6.89. The SMILES string of the molecule is CCCCC1=CCC(c2cccc3c2[cH-]c2ccccc23)=C1.[Zr]=[C](c1ccccc1)c1ccccc1. The van der Waals surface area contributed by atoms with Gasteiger partial charge in [0.05, 0.1) is 0 Å². The maximum absolute atomic E-state index is 2.42. The topological polar surface area (TPSA) is 0 Å². The Morgan fingerprint density at radius 1 is 0.750 bits per heavy atom. The van der Waals surface area contributed by atoms with Crippen LogP contribution < -0.4 is 0 Å². The van der Waals surface area contributed by atoms with Crippen molar-refractivity contribution in [1.29, 1.82) is 0 Å². The maximum atomic E-state index is 2.42. The third kappa shape index (κ3) is 5.53. The van der Waals surface area contributed by atoms with Crippen LogP contribution in [0.3, 0.4) is 0 Å². The van der Waals surface area contributed by atoms with Crippen LogP contribution in [0.4, 0.5) is 0 Å². The predicted molar refractivity (Wildman–Crippen MR) is 153 cm³/mol. The van der Waals surface area contributed by atoms with Crippen LogP contribution in [0.1, 0.15) is 49.3 Å². The van der Waals surface area contributed by atoms with Crippen molar-refractivity contribution in [2.24, 2.45) is 0 Å². The first-order valence-corrected chi connectivity index (χ1v) is 14.1. The summed E-state index contributed by atoms with van der Waals surface area (Å²) >= 11 is 1.46. The van der Waals surface area contributed by atoms with Crippen LogP contribution in [0.2, 0.25) is 0 Å². The average molecular weight is 543 g/mol. The van der Waals surface area contributed by atoms with Gasteiger partial charge in [0, 0.05) is 0 Å². The monoisotopic (exact) mass is 541 g/mol. The van der Waals surface area contributed by atoms with Gasteiger partial charge in [-0.05, 0) is 19.3 Å². The molecule has 6 rings (SSSR count). The molecule has 0 fully saturated rings. The van der Waals surface area contributed by atoms with Crippen molar-refractivity contribution in [2.45, 2.75) is 32.6 Å². The Bertz CT molecular complexity index is 1490. The van der Waals surface area contributed by atoms with Crippen molar-refractivity contribution >= 4 is 30.3 Å².